The van der Waals surface area contributed by atoms with Gasteiger partial charge in [0.15, 0.2) is 34.6 Å². The minimum Gasteiger partial charge on any atom is -0.480 e. The van der Waals surface area contributed by atoms with Gasteiger partial charge in [0.25, 0.3) is 0 Å². The number of unbranched alkanes of at least 4 members (excludes halogenated alkanes) is 1. The molecule has 0 bridgehead atoms. The molecule has 282 valence electrons. The molecule has 2 aliphatic rings. The summed E-state index contributed by atoms with van der Waals surface area (Å²) in [6.07, 6.45) is 8.84. The lowest BCUT2D eigenvalue weighted by Crippen LogP contribution is -2.50. The van der Waals surface area contributed by atoms with Crippen LogP contribution in [0.4, 0.5) is 17.4 Å². The van der Waals surface area contributed by atoms with Crippen LogP contribution in [0.2, 0.25) is 0 Å². The fourth-order valence-electron chi connectivity index (χ4n) is 7.05. The molecule has 0 aliphatic carbocycles. The van der Waals surface area contributed by atoms with Crippen molar-refractivity contribution in [2.75, 3.05) is 13.2 Å². The second-order valence-electron chi connectivity index (χ2n) is 13.7. The van der Waals surface area contributed by atoms with E-state index in [1.165, 1.54) is 10.7 Å². The van der Waals surface area contributed by atoms with E-state index in [9.17, 15) is 23.2 Å². The molecule has 0 unspecified atom stereocenters. The maximum atomic E-state index is 15.7. The van der Waals surface area contributed by atoms with Crippen molar-refractivity contribution in [2.45, 2.75) is 65.2 Å². The van der Waals surface area contributed by atoms with Crippen LogP contribution >= 0.6 is 0 Å². The number of fused-ring (bicyclic) bond motifs is 2. The molecule has 2 aromatic heterocycles. The van der Waals surface area contributed by atoms with E-state index in [2.05, 4.69) is 10.3 Å². The summed E-state index contributed by atoms with van der Waals surface area (Å²) in [5, 5.41) is 8.33. The standard InChI is InChI=1S/C39H41BF4N6O4/c1-25-19-26(2)49-36(25)22-32-14-13-30(50(32)40(49,43)44)15-17-33(51)16-12-29-23-48(47-46-29)31-9-5-8-27(20-31)37(52)21-28(7-3-4-18-45)38(53)24-54-39-34(41)10-6-11-35(39)42/h5-6,8-11,13-14,19-20,22-23,28H,3-4,7,12,15-18,21,24,45H2,1-2H3/t28-/m1/s1. The van der Waals surface area contributed by atoms with Crippen LogP contribution in [0, 0.1) is 31.4 Å². The van der Waals surface area contributed by atoms with Crippen LogP contribution in [0.1, 0.15) is 77.9 Å². The van der Waals surface area contributed by atoms with Crippen LogP contribution in [0.5, 0.6) is 5.75 Å². The minimum absolute atomic E-state index is 0.0896. The van der Waals surface area contributed by atoms with Crippen molar-refractivity contribution in [1.82, 2.24) is 19.5 Å². The van der Waals surface area contributed by atoms with E-state index in [1.807, 2.05) is 6.92 Å². The van der Waals surface area contributed by atoms with Crippen LogP contribution in [0.25, 0.3) is 11.8 Å². The third kappa shape index (κ3) is 8.20. The molecule has 2 N–H and O–H groups in total. The van der Waals surface area contributed by atoms with Crippen molar-refractivity contribution < 1.29 is 41.0 Å². The second kappa shape index (κ2) is 16.3. The van der Waals surface area contributed by atoms with Gasteiger partial charge in [0.1, 0.15) is 18.1 Å². The Morgan fingerprint density at radius 2 is 1.72 bits per heavy atom. The van der Waals surface area contributed by atoms with Gasteiger partial charge >= 0.3 is 6.97 Å². The molecule has 0 fully saturated rings. The van der Waals surface area contributed by atoms with E-state index in [0.717, 1.165) is 26.7 Å². The monoisotopic (exact) mass is 744 g/mol. The summed E-state index contributed by atoms with van der Waals surface area (Å²) in [6, 6.07) is 11.6. The van der Waals surface area contributed by atoms with Gasteiger partial charge in [-0.25, -0.2) is 13.5 Å². The van der Waals surface area contributed by atoms with Gasteiger partial charge in [-0.3, -0.25) is 14.4 Å². The number of rotatable bonds is 18. The number of benzene rings is 2. The molecule has 4 aromatic rings. The molecule has 2 aromatic carbocycles. The number of carbonyl (C=O) groups is 3. The van der Waals surface area contributed by atoms with Gasteiger partial charge in [-0.15, -0.1) is 5.10 Å². The molecule has 2 aliphatic heterocycles. The largest absolute Gasteiger partial charge is 0.737 e. The first kappa shape index (κ1) is 38.3. The lowest BCUT2D eigenvalue weighted by atomic mass is 9.90. The van der Waals surface area contributed by atoms with Crippen molar-refractivity contribution in [3.8, 4) is 11.4 Å². The summed E-state index contributed by atoms with van der Waals surface area (Å²) in [5.74, 6) is -4.13. The normalized spacial score (nSPS) is 14.8. The average Bonchev–Trinajstić information content (AvgIpc) is 3.87. The molecule has 4 heterocycles. The highest BCUT2D eigenvalue weighted by molar-refractivity contribution is 6.58. The Balaban J connectivity index is 1.04. The number of allylic oxidation sites excluding steroid dienone is 2. The third-order valence-electron chi connectivity index (χ3n) is 9.87. The lowest BCUT2D eigenvalue weighted by molar-refractivity contribution is -0.362. The van der Waals surface area contributed by atoms with E-state index < -0.39 is 42.7 Å². The zero-order valence-electron chi connectivity index (χ0n) is 30.1. The number of hydrogen-bond acceptors (Lipinski definition) is 7. The Morgan fingerprint density at radius 3 is 2.48 bits per heavy atom. The molecule has 0 saturated carbocycles. The van der Waals surface area contributed by atoms with E-state index in [4.69, 9.17) is 10.5 Å². The number of nitrogens with zero attached hydrogens (tertiary/aromatic N) is 5. The Hall–Kier alpha value is -5.44. The first-order valence-corrected chi connectivity index (χ1v) is 18.0. The Labute approximate surface area is 310 Å². The number of para-hydroxylation sites is 1. The molecule has 10 nitrogen and oxygen atoms in total. The highest BCUT2D eigenvalue weighted by Gasteiger charge is 2.52. The van der Waals surface area contributed by atoms with Crippen molar-refractivity contribution in [3.05, 3.63) is 112 Å². The first-order valence-electron chi connectivity index (χ1n) is 18.0. The molecular formula is C39H41BF4N6O4. The van der Waals surface area contributed by atoms with Gasteiger partial charge in [0, 0.05) is 67.5 Å². The molecule has 54 heavy (non-hydrogen) atoms. The number of nitrogens with two attached hydrogens (primary N) is 1. The van der Waals surface area contributed by atoms with Crippen molar-refractivity contribution in [2.24, 2.45) is 11.7 Å². The van der Waals surface area contributed by atoms with Crippen LogP contribution in [-0.4, -0.2) is 67.1 Å². The summed E-state index contributed by atoms with van der Waals surface area (Å²) in [5.41, 5.74) is 9.59. The zero-order chi connectivity index (χ0) is 38.6. The van der Waals surface area contributed by atoms with Crippen molar-refractivity contribution in [3.63, 3.8) is 0 Å². The van der Waals surface area contributed by atoms with E-state index in [1.54, 1.807) is 61.7 Å². The maximum absolute atomic E-state index is 15.7. The molecule has 0 amide bonds. The van der Waals surface area contributed by atoms with E-state index >= 15 is 8.63 Å². The lowest BCUT2D eigenvalue weighted by Gasteiger charge is -2.30. The fourth-order valence-corrected chi connectivity index (χ4v) is 7.05. The van der Waals surface area contributed by atoms with Gasteiger partial charge in [-0.05, 0) is 74.8 Å². The van der Waals surface area contributed by atoms with Crippen molar-refractivity contribution in [1.29, 1.82) is 0 Å². The SMILES string of the molecule is Cc1cc(C)n2c1C=C1C=CC(CCC(=O)CCc3cn(-c4cccc(C(=O)C[C@@H](CCCCN)C(=O)COc5c(F)cccc5F)c4)nn3)=[N+]1[B-]2(F)F. The quantitative estimate of drug-likeness (QED) is 0.0533. The Morgan fingerprint density at radius 1 is 0.981 bits per heavy atom. The maximum Gasteiger partial charge on any atom is 0.737 e. The minimum atomic E-state index is -4.10. The fraction of sp³-hybridized carbons (Fsp3) is 0.333. The molecule has 0 saturated heterocycles. The zero-order valence-corrected chi connectivity index (χ0v) is 30.1. The second-order valence-corrected chi connectivity index (χ2v) is 13.7. The van der Waals surface area contributed by atoms with Crippen LogP contribution in [-0.2, 0) is 16.0 Å². The number of ether oxygens (including phenoxy) is 1. The summed E-state index contributed by atoms with van der Waals surface area (Å²) >= 11 is 0. The Bertz CT molecular complexity index is 2170. The molecule has 0 radical (unpaired) electrons. The topological polar surface area (TPSA) is 125 Å². The number of halogens is 4. The summed E-state index contributed by atoms with van der Waals surface area (Å²) in [4.78, 5) is 39.4. The van der Waals surface area contributed by atoms with Crippen LogP contribution in [0.15, 0.2) is 72.6 Å². The Kier molecular flexibility index (Phi) is 11.6. The summed E-state index contributed by atoms with van der Waals surface area (Å²) < 4.78 is 68.3. The highest BCUT2D eigenvalue weighted by atomic mass is 19.2. The predicted molar refractivity (Wildman–Crippen MR) is 196 cm³/mol. The number of carbonyl (C=O) groups excluding carboxylic acids is 3. The van der Waals surface area contributed by atoms with Gasteiger partial charge < -0.3 is 28.1 Å². The van der Waals surface area contributed by atoms with Gasteiger partial charge in [0.05, 0.1) is 17.6 Å². The predicted octanol–water partition coefficient (Wildman–Crippen LogP) is 6.51. The average molecular weight is 745 g/mol. The first-order chi connectivity index (χ1) is 25.9. The van der Waals surface area contributed by atoms with E-state index in [0.29, 0.717) is 65.5 Å². The van der Waals surface area contributed by atoms with Crippen LogP contribution in [0.3, 0.4) is 0 Å². The number of aryl methyl sites for hydroxylation is 3. The molecule has 15 heteroatoms. The van der Waals surface area contributed by atoms with Gasteiger partial charge in [-0.1, -0.05) is 29.8 Å². The number of aromatic nitrogens is 4. The number of Topliss-reactive ketones (excluding diaryl/α,β-unsaturated/α-hetero) is 3. The molecule has 6 rings (SSSR count). The molecule has 1 atom stereocenters. The van der Waals surface area contributed by atoms with Crippen molar-refractivity contribution >= 4 is 36.1 Å². The van der Waals surface area contributed by atoms with Crippen LogP contribution < -0.4 is 10.5 Å². The molecule has 0 spiro atoms. The third-order valence-corrected chi connectivity index (χ3v) is 9.87. The summed E-state index contributed by atoms with van der Waals surface area (Å²) in [6.45, 7) is -0.805. The molecular weight excluding hydrogens is 703 g/mol. The summed E-state index contributed by atoms with van der Waals surface area (Å²) in [7, 11) is 0. The smallest absolute Gasteiger partial charge is 0.480 e. The van der Waals surface area contributed by atoms with E-state index in [-0.39, 0.29) is 43.7 Å². The van der Waals surface area contributed by atoms with Gasteiger partial charge in [0.2, 0.25) is 0 Å². The highest BCUT2D eigenvalue weighted by Crippen LogP contribution is 2.34. The number of hydrogen-bond donors (Lipinski definition) is 1. The van der Waals surface area contributed by atoms with Gasteiger partial charge in [-0.2, -0.15) is 0 Å². The number of ketones is 3.